The van der Waals surface area contributed by atoms with Crippen molar-refractivity contribution in [3.8, 4) is 11.4 Å². The number of rotatable bonds is 3. The number of alkyl halides is 1. The maximum Gasteiger partial charge on any atom is 0.259 e. The SMILES string of the molecule is O=C(CCl)N1CC[C@H](c2[nH]ncc2-c2nc3cnccc3c(=O)[nH]2)C1. The van der Waals surface area contributed by atoms with Crippen LogP contribution in [0, 0.1) is 0 Å². The number of carbonyl (C=O) groups is 1. The highest BCUT2D eigenvalue weighted by molar-refractivity contribution is 6.27. The number of H-pyrrole nitrogens is 2. The quantitative estimate of drug-likeness (QED) is 0.685. The number of hydrogen-bond acceptors (Lipinski definition) is 5. The van der Waals surface area contributed by atoms with Crippen molar-refractivity contribution in [2.75, 3.05) is 19.0 Å². The summed E-state index contributed by atoms with van der Waals surface area (Å²) in [4.78, 5) is 37.1. The van der Waals surface area contributed by atoms with E-state index < -0.39 is 0 Å². The fourth-order valence-corrected chi connectivity index (χ4v) is 3.39. The van der Waals surface area contributed by atoms with Crippen LogP contribution in [0.3, 0.4) is 0 Å². The van der Waals surface area contributed by atoms with Gasteiger partial charge in [0.15, 0.2) is 0 Å². The molecule has 0 spiro atoms. The number of aromatic amines is 2. The second-order valence-corrected chi connectivity index (χ2v) is 6.23. The lowest BCUT2D eigenvalue weighted by Gasteiger charge is -2.15. The van der Waals surface area contributed by atoms with Crippen molar-refractivity contribution < 1.29 is 4.79 Å². The third-order valence-electron chi connectivity index (χ3n) is 4.50. The Hall–Kier alpha value is -2.74. The van der Waals surface area contributed by atoms with Gasteiger partial charge in [0.25, 0.3) is 5.56 Å². The largest absolute Gasteiger partial charge is 0.341 e. The van der Waals surface area contributed by atoms with Gasteiger partial charge in [0, 0.05) is 25.2 Å². The van der Waals surface area contributed by atoms with E-state index in [1.54, 1.807) is 29.6 Å². The number of hydrogen-bond donors (Lipinski definition) is 2. The van der Waals surface area contributed by atoms with E-state index in [0.29, 0.717) is 29.8 Å². The molecule has 1 fully saturated rings. The van der Waals surface area contributed by atoms with E-state index in [-0.39, 0.29) is 23.3 Å². The summed E-state index contributed by atoms with van der Waals surface area (Å²) in [6, 6.07) is 1.63. The van der Waals surface area contributed by atoms with Crippen LogP contribution in [0.25, 0.3) is 22.3 Å². The minimum atomic E-state index is -0.222. The fourth-order valence-electron chi connectivity index (χ4n) is 3.22. The molecule has 0 aliphatic carbocycles. The molecule has 8 nitrogen and oxygen atoms in total. The Kier molecular flexibility index (Phi) is 3.96. The van der Waals surface area contributed by atoms with Crippen LogP contribution in [0.5, 0.6) is 0 Å². The van der Waals surface area contributed by atoms with Crippen LogP contribution in [0.4, 0.5) is 0 Å². The van der Waals surface area contributed by atoms with Gasteiger partial charge in [0.1, 0.15) is 11.7 Å². The van der Waals surface area contributed by atoms with Gasteiger partial charge in [-0.15, -0.1) is 11.6 Å². The Morgan fingerprint density at radius 1 is 1.40 bits per heavy atom. The first-order valence-corrected chi connectivity index (χ1v) is 8.42. The zero-order valence-corrected chi connectivity index (χ0v) is 14.0. The lowest BCUT2D eigenvalue weighted by atomic mass is 10.0. The molecule has 0 radical (unpaired) electrons. The predicted molar refractivity (Wildman–Crippen MR) is 92.4 cm³/mol. The third-order valence-corrected chi connectivity index (χ3v) is 4.72. The molecule has 1 aliphatic heterocycles. The molecule has 128 valence electrons. The van der Waals surface area contributed by atoms with E-state index in [1.165, 1.54) is 0 Å². The molecule has 4 rings (SSSR count). The van der Waals surface area contributed by atoms with Gasteiger partial charge in [0.2, 0.25) is 5.91 Å². The minimum absolute atomic E-state index is 0.0187. The number of likely N-dealkylation sites (tertiary alicyclic amines) is 1. The summed E-state index contributed by atoms with van der Waals surface area (Å²) in [6.45, 7) is 1.22. The molecule has 1 amide bonds. The highest BCUT2D eigenvalue weighted by atomic mass is 35.5. The molecule has 25 heavy (non-hydrogen) atoms. The lowest BCUT2D eigenvalue weighted by Crippen LogP contribution is -2.29. The molecule has 1 atom stereocenters. The number of nitrogens with zero attached hydrogens (tertiary/aromatic N) is 4. The number of fused-ring (bicyclic) bond motifs is 1. The molecule has 2 N–H and O–H groups in total. The minimum Gasteiger partial charge on any atom is -0.341 e. The summed E-state index contributed by atoms with van der Waals surface area (Å²) in [5, 5.41) is 7.59. The van der Waals surface area contributed by atoms with Crippen LogP contribution in [-0.2, 0) is 4.79 Å². The number of nitrogens with one attached hydrogen (secondary N) is 2. The van der Waals surface area contributed by atoms with Crippen molar-refractivity contribution >= 4 is 28.4 Å². The topological polar surface area (TPSA) is 108 Å². The first-order valence-electron chi connectivity index (χ1n) is 7.89. The molecule has 9 heteroatoms. The van der Waals surface area contributed by atoms with Gasteiger partial charge in [-0.2, -0.15) is 5.10 Å². The van der Waals surface area contributed by atoms with Crippen LogP contribution in [0.15, 0.2) is 29.5 Å². The average molecular weight is 359 g/mol. The molecular formula is C16H15ClN6O2. The lowest BCUT2D eigenvalue weighted by molar-refractivity contribution is -0.127. The predicted octanol–water partition coefficient (Wildman–Crippen LogP) is 1.26. The maximum absolute atomic E-state index is 12.3. The molecule has 3 aromatic rings. The van der Waals surface area contributed by atoms with E-state index in [4.69, 9.17) is 11.6 Å². The fraction of sp³-hybridized carbons (Fsp3) is 0.312. The third kappa shape index (κ3) is 2.78. The summed E-state index contributed by atoms with van der Waals surface area (Å²) in [5.74, 6) is 0.444. The summed E-state index contributed by atoms with van der Waals surface area (Å²) in [5.41, 5.74) is 1.89. The van der Waals surface area contributed by atoms with E-state index in [9.17, 15) is 9.59 Å². The van der Waals surface area contributed by atoms with Crippen molar-refractivity contribution in [2.24, 2.45) is 0 Å². The first-order chi connectivity index (χ1) is 12.2. The van der Waals surface area contributed by atoms with Gasteiger partial charge in [-0.3, -0.25) is 19.7 Å². The zero-order chi connectivity index (χ0) is 17.4. The van der Waals surface area contributed by atoms with E-state index >= 15 is 0 Å². The van der Waals surface area contributed by atoms with Crippen LogP contribution in [-0.4, -0.2) is 54.9 Å². The standard InChI is InChI=1S/C16H15ClN6O2/c17-5-13(24)23-4-2-9(8-23)14-11(6-19-22-14)15-20-12-7-18-3-1-10(12)16(25)21-15/h1,3,6-7,9H,2,4-5,8H2,(H,19,22)(H,20,21,25)/t9-/m0/s1. The molecule has 0 aromatic carbocycles. The number of pyridine rings is 1. The number of carbonyl (C=O) groups excluding carboxylic acids is 1. The molecule has 0 unspecified atom stereocenters. The number of aromatic nitrogens is 5. The van der Waals surface area contributed by atoms with Gasteiger partial charge < -0.3 is 9.88 Å². The van der Waals surface area contributed by atoms with E-state index in [2.05, 4.69) is 25.1 Å². The number of amides is 1. The Balaban J connectivity index is 1.71. The molecule has 1 aliphatic rings. The smallest absolute Gasteiger partial charge is 0.259 e. The Labute approximate surface area is 147 Å². The molecule has 0 saturated carbocycles. The van der Waals surface area contributed by atoms with Gasteiger partial charge >= 0.3 is 0 Å². The second kappa shape index (κ2) is 6.29. The summed E-state index contributed by atoms with van der Waals surface area (Å²) < 4.78 is 0. The highest BCUT2D eigenvalue weighted by Gasteiger charge is 2.30. The zero-order valence-electron chi connectivity index (χ0n) is 13.2. The van der Waals surface area contributed by atoms with Crippen LogP contribution >= 0.6 is 11.6 Å². The van der Waals surface area contributed by atoms with Gasteiger partial charge in [-0.25, -0.2) is 4.98 Å². The van der Waals surface area contributed by atoms with Crippen LogP contribution < -0.4 is 5.56 Å². The Morgan fingerprint density at radius 3 is 3.12 bits per heavy atom. The van der Waals surface area contributed by atoms with Crippen molar-refractivity contribution in [1.82, 2.24) is 30.0 Å². The summed E-state index contributed by atoms with van der Waals surface area (Å²) in [7, 11) is 0. The monoisotopic (exact) mass is 358 g/mol. The van der Waals surface area contributed by atoms with Gasteiger partial charge in [-0.05, 0) is 12.5 Å². The first kappa shape index (κ1) is 15.8. The van der Waals surface area contributed by atoms with Crippen molar-refractivity contribution in [3.05, 3.63) is 40.7 Å². The molecular weight excluding hydrogens is 344 g/mol. The summed E-state index contributed by atoms with van der Waals surface area (Å²) >= 11 is 5.64. The Morgan fingerprint density at radius 2 is 2.28 bits per heavy atom. The second-order valence-electron chi connectivity index (χ2n) is 5.96. The summed E-state index contributed by atoms with van der Waals surface area (Å²) in [6.07, 6.45) is 5.56. The molecule has 1 saturated heterocycles. The van der Waals surface area contributed by atoms with Gasteiger partial charge in [0.05, 0.1) is 34.6 Å². The van der Waals surface area contributed by atoms with Crippen molar-refractivity contribution in [3.63, 3.8) is 0 Å². The molecule has 4 heterocycles. The molecule has 3 aromatic heterocycles. The van der Waals surface area contributed by atoms with Crippen molar-refractivity contribution in [1.29, 1.82) is 0 Å². The normalized spacial score (nSPS) is 17.3. The van der Waals surface area contributed by atoms with Crippen LogP contribution in [0.1, 0.15) is 18.0 Å². The number of halogens is 1. The van der Waals surface area contributed by atoms with Crippen molar-refractivity contribution in [2.45, 2.75) is 12.3 Å². The van der Waals surface area contributed by atoms with Crippen LogP contribution in [0.2, 0.25) is 0 Å². The maximum atomic E-state index is 12.3. The van der Waals surface area contributed by atoms with E-state index in [0.717, 1.165) is 17.7 Å². The Bertz CT molecular complexity index is 997. The van der Waals surface area contributed by atoms with Gasteiger partial charge in [-0.1, -0.05) is 0 Å². The average Bonchev–Trinajstić information content (AvgIpc) is 3.30. The van der Waals surface area contributed by atoms with E-state index in [1.807, 2.05) is 0 Å². The molecule has 0 bridgehead atoms. The highest BCUT2D eigenvalue weighted by Crippen LogP contribution is 2.32.